The summed E-state index contributed by atoms with van der Waals surface area (Å²) in [4.78, 5) is 2.69. The molecule has 0 bridgehead atoms. The quantitative estimate of drug-likeness (QED) is 0.897. The lowest BCUT2D eigenvalue weighted by molar-refractivity contribution is 0.0845. The molecule has 0 saturated carbocycles. The van der Waals surface area contributed by atoms with Crippen molar-refractivity contribution in [3.05, 3.63) is 35.9 Å². The standard InChI is InChI=1S/C19H32N2/c1-15(2)11-17-13-21(14-19(3,4)5)18(12-20-17)16-9-7-6-8-10-16/h6-10,15,17-18,20H,11-14H2,1-5H3. The minimum Gasteiger partial charge on any atom is -0.311 e. The van der Waals surface area contributed by atoms with Gasteiger partial charge in [-0.05, 0) is 23.3 Å². The van der Waals surface area contributed by atoms with E-state index in [-0.39, 0.29) is 0 Å². The zero-order valence-corrected chi connectivity index (χ0v) is 14.4. The summed E-state index contributed by atoms with van der Waals surface area (Å²) in [5.74, 6) is 0.757. The van der Waals surface area contributed by atoms with Crippen LogP contribution in [0.5, 0.6) is 0 Å². The first kappa shape index (κ1) is 16.5. The van der Waals surface area contributed by atoms with Crippen molar-refractivity contribution in [2.45, 2.75) is 53.1 Å². The fourth-order valence-electron chi connectivity index (χ4n) is 3.40. The Kier molecular flexibility index (Phi) is 5.45. The zero-order valence-electron chi connectivity index (χ0n) is 14.4. The first-order valence-electron chi connectivity index (χ1n) is 8.37. The lowest BCUT2D eigenvalue weighted by Gasteiger charge is -2.44. The number of hydrogen-bond acceptors (Lipinski definition) is 2. The highest BCUT2D eigenvalue weighted by molar-refractivity contribution is 5.20. The van der Waals surface area contributed by atoms with Crippen molar-refractivity contribution >= 4 is 0 Å². The van der Waals surface area contributed by atoms with E-state index in [4.69, 9.17) is 0 Å². The summed E-state index contributed by atoms with van der Waals surface area (Å²) in [6.07, 6.45) is 1.27. The van der Waals surface area contributed by atoms with E-state index in [1.807, 2.05) is 0 Å². The highest BCUT2D eigenvalue weighted by atomic mass is 15.2. The Morgan fingerprint density at radius 3 is 2.43 bits per heavy atom. The lowest BCUT2D eigenvalue weighted by Crippen LogP contribution is -2.54. The van der Waals surface area contributed by atoms with Gasteiger partial charge in [0.2, 0.25) is 0 Å². The monoisotopic (exact) mass is 288 g/mol. The van der Waals surface area contributed by atoms with Crippen LogP contribution in [0.1, 0.15) is 52.6 Å². The van der Waals surface area contributed by atoms with E-state index in [0.717, 1.165) is 25.6 Å². The second-order valence-electron chi connectivity index (χ2n) is 8.15. The molecule has 2 unspecified atom stereocenters. The molecule has 2 heteroatoms. The van der Waals surface area contributed by atoms with Gasteiger partial charge in [-0.3, -0.25) is 4.90 Å². The van der Waals surface area contributed by atoms with E-state index in [1.165, 1.54) is 12.0 Å². The molecule has 1 aromatic carbocycles. The minimum atomic E-state index is 0.340. The molecule has 1 heterocycles. The Balaban J connectivity index is 2.12. The first-order valence-corrected chi connectivity index (χ1v) is 8.37. The maximum absolute atomic E-state index is 3.77. The lowest BCUT2D eigenvalue weighted by atomic mass is 9.91. The van der Waals surface area contributed by atoms with Crippen molar-refractivity contribution in [2.75, 3.05) is 19.6 Å². The number of piperazine rings is 1. The summed E-state index contributed by atoms with van der Waals surface area (Å²) in [6, 6.07) is 12.1. The van der Waals surface area contributed by atoms with Gasteiger partial charge < -0.3 is 5.32 Å². The van der Waals surface area contributed by atoms with Crippen LogP contribution in [0, 0.1) is 11.3 Å². The maximum atomic E-state index is 3.77. The van der Waals surface area contributed by atoms with Crippen LogP contribution in [0.3, 0.4) is 0 Å². The molecule has 0 radical (unpaired) electrons. The van der Waals surface area contributed by atoms with Gasteiger partial charge in [0.15, 0.2) is 0 Å². The van der Waals surface area contributed by atoms with Gasteiger partial charge >= 0.3 is 0 Å². The van der Waals surface area contributed by atoms with Gasteiger partial charge in [-0.1, -0.05) is 65.0 Å². The Morgan fingerprint density at radius 2 is 1.86 bits per heavy atom. The van der Waals surface area contributed by atoms with Crippen molar-refractivity contribution in [3.8, 4) is 0 Å². The molecule has 0 spiro atoms. The van der Waals surface area contributed by atoms with Crippen LogP contribution < -0.4 is 5.32 Å². The fraction of sp³-hybridized carbons (Fsp3) is 0.684. The first-order chi connectivity index (χ1) is 9.85. The van der Waals surface area contributed by atoms with Gasteiger partial charge in [0.1, 0.15) is 0 Å². The predicted octanol–water partition coefficient (Wildman–Crippen LogP) is 4.09. The topological polar surface area (TPSA) is 15.3 Å². The van der Waals surface area contributed by atoms with Crippen LogP contribution in [0.25, 0.3) is 0 Å². The van der Waals surface area contributed by atoms with Crippen LogP contribution in [0.15, 0.2) is 30.3 Å². The third-order valence-electron chi connectivity index (χ3n) is 4.11. The van der Waals surface area contributed by atoms with Gasteiger partial charge in [-0.2, -0.15) is 0 Å². The average Bonchev–Trinajstić information content (AvgIpc) is 2.37. The zero-order chi connectivity index (χ0) is 15.5. The van der Waals surface area contributed by atoms with E-state index in [1.54, 1.807) is 0 Å². The summed E-state index contributed by atoms with van der Waals surface area (Å²) >= 11 is 0. The normalized spacial score (nSPS) is 24.5. The third kappa shape index (κ3) is 5.12. The van der Waals surface area contributed by atoms with Gasteiger partial charge in [-0.15, -0.1) is 0 Å². The maximum Gasteiger partial charge on any atom is 0.0473 e. The third-order valence-corrected chi connectivity index (χ3v) is 4.11. The van der Waals surface area contributed by atoms with Crippen LogP contribution >= 0.6 is 0 Å². The van der Waals surface area contributed by atoms with Crippen molar-refractivity contribution in [3.63, 3.8) is 0 Å². The smallest absolute Gasteiger partial charge is 0.0473 e. The molecule has 1 aliphatic heterocycles. The van der Waals surface area contributed by atoms with E-state index in [2.05, 4.69) is 75.2 Å². The molecule has 0 aromatic heterocycles. The molecule has 1 aromatic rings. The second-order valence-corrected chi connectivity index (χ2v) is 8.15. The summed E-state index contributed by atoms with van der Waals surface area (Å²) in [5.41, 5.74) is 1.78. The van der Waals surface area contributed by atoms with Gasteiger partial charge in [0.05, 0.1) is 0 Å². The van der Waals surface area contributed by atoms with Crippen LogP contribution in [0.2, 0.25) is 0 Å². The SMILES string of the molecule is CC(C)CC1CN(CC(C)(C)C)C(c2ccccc2)CN1. The highest BCUT2D eigenvalue weighted by Crippen LogP contribution is 2.28. The fourth-order valence-corrected chi connectivity index (χ4v) is 3.40. The summed E-state index contributed by atoms with van der Waals surface area (Å²) in [7, 11) is 0. The highest BCUT2D eigenvalue weighted by Gasteiger charge is 2.31. The molecule has 2 nitrogen and oxygen atoms in total. The Morgan fingerprint density at radius 1 is 1.19 bits per heavy atom. The molecule has 1 N–H and O–H groups in total. The van der Waals surface area contributed by atoms with E-state index in [9.17, 15) is 0 Å². The molecule has 1 saturated heterocycles. The molecular formula is C19H32N2. The van der Waals surface area contributed by atoms with Crippen molar-refractivity contribution in [2.24, 2.45) is 11.3 Å². The predicted molar refractivity (Wildman–Crippen MR) is 91.5 cm³/mol. The van der Waals surface area contributed by atoms with E-state index < -0.39 is 0 Å². The molecule has 1 aliphatic rings. The molecule has 1 fully saturated rings. The Bertz CT molecular complexity index is 419. The number of benzene rings is 1. The molecule has 2 rings (SSSR count). The molecule has 118 valence electrons. The van der Waals surface area contributed by atoms with Crippen LogP contribution in [-0.2, 0) is 0 Å². The van der Waals surface area contributed by atoms with Crippen LogP contribution in [-0.4, -0.2) is 30.6 Å². The Hall–Kier alpha value is -0.860. The number of hydrogen-bond donors (Lipinski definition) is 1. The van der Waals surface area contributed by atoms with E-state index >= 15 is 0 Å². The van der Waals surface area contributed by atoms with Crippen LogP contribution in [0.4, 0.5) is 0 Å². The molecule has 2 atom stereocenters. The summed E-state index contributed by atoms with van der Waals surface area (Å²) in [5, 5.41) is 3.77. The number of nitrogens with zero attached hydrogens (tertiary/aromatic N) is 1. The molecule has 21 heavy (non-hydrogen) atoms. The number of nitrogens with one attached hydrogen (secondary N) is 1. The van der Waals surface area contributed by atoms with Gasteiger partial charge in [0, 0.05) is 31.7 Å². The Labute approximate surface area is 130 Å². The summed E-state index contributed by atoms with van der Waals surface area (Å²) < 4.78 is 0. The van der Waals surface area contributed by atoms with Gasteiger partial charge in [-0.25, -0.2) is 0 Å². The minimum absolute atomic E-state index is 0.340. The molecule has 0 aliphatic carbocycles. The second kappa shape index (κ2) is 6.93. The average molecular weight is 288 g/mol. The molecule has 0 amide bonds. The van der Waals surface area contributed by atoms with Gasteiger partial charge in [0.25, 0.3) is 0 Å². The van der Waals surface area contributed by atoms with E-state index in [0.29, 0.717) is 17.5 Å². The largest absolute Gasteiger partial charge is 0.311 e. The summed E-state index contributed by atoms with van der Waals surface area (Å²) in [6.45, 7) is 15.0. The number of rotatable bonds is 4. The van der Waals surface area contributed by atoms with Crippen molar-refractivity contribution in [1.82, 2.24) is 10.2 Å². The molecular weight excluding hydrogens is 256 g/mol. The van der Waals surface area contributed by atoms with Crippen molar-refractivity contribution in [1.29, 1.82) is 0 Å². The van der Waals surface area contributed by atoms with Crippen molar-refractivity contribution < 1.29 is 0 Å².